The van der Waals surface area contributed by atoms with E-state index in [2.05, 4.69) is 16.9 Å². The maximum atomic E-state index is 13.9. The van der Waals surface area contributed by atoms with Gasteiger partial charge in [0, 0.05) is 19.7 Å². The van der Waals surface area contributed by atoms with Gasteiger partial charge in [-0.1, -0.05) is 50.8 Å². The van der Waals surface area contributed by atoms with Crippen LogP contribution in [-0.2, 0) is 4.79 Å². The topological polar surface area (TPSA) is 50.7 Å². The minimum atomic E-state index is -0.524. The van der Waals surface area contributed by atoms with Gasteiger partial charge in [-0.05, 0) is 55.5 Å². The highest BCUT2D eigenvalue weighted by Gasteiger charge is 2.13. The molecule has 0 aromatic heterocycles. The summed E-state index contributed by atoms with van der Waals surface area (Å²) in [4.78, 5) is 16.6. The van der Waals surface area contributed by atoms with Crippen molar-refractivity contribution in [3.05, 3.63) is 65.8 Å². The third-order valence-electron chi connectivity index (χ3n) is 5.23. The molecule has 0 aliphatic heterocycles. The molecule has 0 amide bonds. The Labute approximate surface area is 179 Å². The van der Waals surface area contributed by atoms with Crippen LogP contribution in [-0.4, -0.2) is 18.2 Å². The van der Waals surface area contributed by atoms with Crippen LogP contribution in [0.5, 0.6) is 5.75 Å². The molecule has 4 nitrogen and oxygen atoms in total. The van der Waals surface area contributed by atoms with Crippen molar-refractivity contribution in [1.29, 1.82) is 0 Å². The molecule has 0 saturated heterocycles. The number of carbonyl (C=O) groups excluding carboxylic acids is 1. The van der Waals surface area contributed by atoms with Crippen LogP contribution in [0.25, 0.3) is 0 Å². The van der Waals surface area contributed by atoms with Crippen molar-refractivity contribution in [1.82, 2.24) is 5.32 Å². The fourth-order valence-electron chi connectivity index (χ4n) is 3.40. The molecule has 1 aliphatic rings. The lowest BCUT2D eigenvalue weighted by atomic mass is 9.87. The monoisotopic (exact) mass is 412 g/mol. The summed E-state index contributed by atoms with van der Waals surface area (Å²) in [6.07, 6.45) is 11.1. The van der Waals surface area contributed by atoms with Crippen LogP contribution in [0.1, 0.15) is 59.3 Å². The van der Waals surface area contributed by atoms with Gasteiger partial charge < -0.3 is 10.1 Å². The second kappa shape index (κ2) is 12.1. The number of aliphatic imine (C=N–C) groups is 1. The average molecular weight is 413 g/mol. The maximum absolute atomic E-state index is 13.9. The largest absolute Gasteiger partial charge is 0.451 e. The van der Waals surface area contributed by atoms with Crippen molar-refractivity contribution >= 4 is 11.6 Å². The van der Waals surface area contributed by atoms with E-state index in [0.717, 1.165) is 30.3 Å². The zero-order valence-corrected chi connectivity index (χ0v) is 18.3. The van der Waals surface area contributed by atoms with Crippen LogP contribution in [0.4, 0.5) is 4.39 Å². The molecule has 1 aromatic rings. The second-order valence-corrected chi connectivity index (χ2v) is 7.88. The van der Waals surface area contributed by atoms with E-state index in [4.69, 9.17) is 4.74 Å². The van der Waals surface area contributed by atoms with Gasteiger partial charge in [-0.25, -0.2) is 4.39 Å². The summed E-state index contributed by atoms with van der Waals surface area (Å²) >= 11 is 0. The minimum Gasteiger partial charge on any atom is -0.451 e. The lowest BCUT2D eigenvalue weighted by Gasteiger charge is -2.20. The molecule has 0 spiro atoms. The molecule has 162 valence electrons. The first-order valence-electron chi connectivity index (χ1n) is 10.7. The highest BCUT2D eigenvalue weighted by atomic mass is 19.1. The number of amidine groups is 1. The Bertz CT molecular complexity index is 833. The van der Waals surface area contributed by atoms with E-state index in [1.807, 2.05) is 13.8 Å². The van der Waals surface area contributed by atoms with Gasteiger partial charge in [0.2, 0.25) is 0 Å². The summed E-state index contributed by atoms with van der Waals surface area (Å²) in [5.74, 6) is 0.829. The number of para-hydroxylation sites is 1. The fourth-order valence-corrected chi connectivity index (χ4v) is 3.40. The first kappa shape index (κ1) is 23.6. The Morgan fingerprint density at radius 1 is 1.23 bits per heavy atom. The van der Waals surface area contributed by atoms with E-state index in [1.54, 1.807) is 24.4 Å². The van der Waals surface area contributed by atoms with Crippen LogP contribution >= 0.6 is 0 Å². The molecule has 1 N–H and O–H groups in total. The number of allylic oxidation sites excluding steroid dienone is 4. The number of rotatable bonds is 9. The number of benzene rings is 1. The highest BCUT2D eigenvalue weighted by Crippen LogP contribution is 2.26. The highest BCUT2D eigenvalue weighted by molar-refractivity contribution is 5.92. The second-order valence-electron chi connectivity index (χ2n) is 7.88. The number of hydrogen-bond acceptors (Lipinski definition) is 3. The number of carbonyl (C=O) groups is 1. The summed E-state index contributed by atoms with van der Waals surface area (Å²) < 4.78 is 19.4. The molecule has 0 unspecified atom stereocenters. The average Bonchev–Trinajstić information content (AvgIpc) is 2.72. The zero-order chi connectivity index (χ0) is 21.9. The molecular formula is C25H33FN2O2. The number of Topliss-reactive ketones (excluding diaryl/α,β-unsaturated/α-hetero) is 1. The Morgan fingerprint density at radius 2 is 1.93 bits per heavy atom. The third-order valence-corrected chi connectivity index (χ3v) is 5.23. The maximum Gasteiger partial charge on any atom is 0.194 e. The van der Waals surface area contributed by atoms with E-state index in [1.165, 1.54) is 51.2 Å². The van der Waals surface area contributed by atoms with Crippen molar-refractivity contribution in [2.75, 3.05) is 6.54 Å². The van der Waals surface area contributed by atoms with Gasteiger partial charge in [-0.2, -0.15) is 0 Å². The number of ketones is 1. The summed E-state index contributed by atoms with van der Waals surface area (Å²) in [5.41, 5.74) is 1.42. The number of nitrogens with zero attached hydrogens (tertiary/aromatic N) is 1. The summed E-state index contributed by atoms with van der Waals surface area (Å²) in [6.45, 7) is 9.90. The predicted octanol–water partition coefficient (Wildman–Crippen LogP) is 6.12. The van der Waals surface area contributed by atoms with Gasteiger partial charge in [-0.3, -0.25) is 9.79 Å². The van der Waals surface area contributed by atoms with Crippen molar-refractivity contribution in [2.24, 2.45) is 10.9 Å². The van der Waals surface area contributed by atoms with Crippen LogP contribution in [0.2, 0.25) is 0 Å². The lowest BCUT2D eigenvalue weighted by molar-refractivity contribution is -0.115. The van der Waals surface area contributed by atoms with E-state index in [-0.39, 0.29) is 17.3 Å². The Hall–Kier alpha value is -2.69. The molecule has 1 aliphatic carbocycles. The van der Waals surface area contributed by atoms with Crippen LogP contribution in [0.3, 0.4) is 0 Å². The Kier molecular flexibility index (Phi) is 9.52. The molecule has 30 heavy (non-hydrogen) atoms. The van der Waals surface area contributed by atoms with E-state index in [9.17, 15) is 9.18 Å². The molecule has 1 saturated carbocycles. The molecule has 0 bridgehead atoms. The van der Waals surface area contributed by atoms with E-state index < -0.39 is 5.82 Å². The van der Waals surface area contributed by atoms with Crippen molar-refractivity contribution in [3.63, 3.8) is 0 Å². The van der Waals surface area contributed by atoms with Gasteiger partial charge in [0.1, 0.15) is 0 Å². The molecule has 2 rings (SSSR count). The van der Waals surface area contributed by atoms with Crippen molar-refractivity contribution < 1.29 is 13.9 Å². The molecule has 1 aromatic carbocycles. The third kappa shape index (κ3) is 7.97. The Morgan fingerprint density at radius 3 is 2.57 bits per heavy atom. The van der Waals surface area contributed by atoms with Crippen LogP contribution in [0.15, 0.2) is 65.0 Å². The van der Waals surface area contributed by atoms with Gasteiger partial charge in [-0.15, -0.1) is 0 Å². The van der Waals surface area contributed by atoms with E-state index >= 15 is 0 Å². The number of hydrogen-bond donors (Lipinski definition) is 1. The molecule has 0 heterocycles. The van der Waals surface area contributed by atoms with Crippen molar-refractivity contribution in [2.45, 2.75) is 59.3 Å². The standard InChI is InChI=1S/C25H33FN2O2/c1-18(2)22(16-25(19(3)29)30-24-13-9-8-12-23(24)26)17-28-20(4)27-15-14-21-10-6-5-7-11-21/h8-9,12-13,16-17,21H,1,5-7,10-11,14-15H2,2-4H3,(H,27,28)/b22-17-,25-16+. The first-order valence-corrected chi connectivity index (χ1v) is 10.7. The SMILES string of the molecule is C=C(C)C(=C\NC(C)=NCCC1CCCCC1)/C=C(/Oc1ccccc1F)C(C)=O. The summed E-state index contributed by atoms with van der Waals surface area (Å²) in [7, 11) is 0. The fraction of sp³-hybridized carbons (Fsp3) is 0.440. The molecular weight excluding hydrogens is 379 g/mol. The smallest absolute Gasteiger partial charge is 0.194 e. The molecule has 0 atom stereocenters. The normalized spacial score (nSPS) is 16.3. The minimum absolute atomic E-state index is 0.00781. The quantitative estimate of drug-likeness (QED) is 0.175. The number of halogens is 1. The summed E-state index contributed by atoms with van der Waals surface area (Å²) in [6, 6.07) is 5.99. The van der Waals surface area contributed by atoms with E-state index in [0.29, 0.717) is 5.57 Å². The lowest BCUT2D eigenvalue weighted by Crippen LogP contribution is -2.16. The first-order chi connectivity index (χ1) is 14.4. The Balaban J connectivity index is 2.04. The number of nitrogens with one attached hydrogen (secondary N) is 1. The van der Waals surface area contributed by atoms with Gasteiger partial charge >= 0.3 is 0 Å². The number of ether oxygens (including phenoxy) is 1. The molecule has 1 fully saturated rings. The van der Waals surface area contributed by atoms with Crippen molar-refractivity contribution in [3.8, 4) is 5.75 Å². The predicted molar refractivity (Wildman–Crippen MR) is 121 cm³/mol. The van der Waals surface area contributed by atoms with Gasteiger partial charge in [0.15, 0.2) is 23.1 Å². The van der Waals surface area contributed by atoms with Crippen LogP contribution in [0, 0.1) is 11.7 Å². The van der Waals surface area contributed by atoms with Crippen LogP contribution < -0.4 is 10.1 Å². The zero-order valence-electron chi connectivity index (χ0n) is 18.3. The summed E-state index contributed by atoms with van der Waals surface area (Å²) in [5, 5.41) is 3.16. The molecule has 0 radical (unpaired) electrons. The van der Waals surface area contributed by atoms with Gasteiger partial charge in [0.05, 0.1) is 5.84 Å². The van der Waals surface area contributed by atoms with Gasteiger partial charge in [0.25, 0.3) is 0 Å². The molecule has 5 heteroatoms.